The van der Waals surface area contributed by atoms with Gasteiger partial charge in [-0.05, 0) is 54.8 Å². The Morgan fingerprint density at radius 3 is 2.38 bits per heavy atom. The van der Waals surface area contributed by atoms with Crippen molar-refractivity contribution >= 4 is 27.7 Å². The van der Waals surface area contributed by atoms with Crippen LogP contribution in [0.1, 0.15) is 18.4 Å². The van der Waals surface area contributed by atoms with Crippen molar-refractivity contribution in [2.45, 2.75) is 30.4 Å². The number of anilines is 1. The Bertz CT molecular complexity index is 1120. The molecule has 0 heterocycles. The Labute approximate surface area is 184 Å². The van der Waals surface area contributed by atoms with Gasteiger partial charge in [0.25, 0.3) is 0 Å². The van der Waals surface area contributed by atoms with Gasteiger partial charge >= 0.3 is 6.61 Å². The van der Waals surface area contributed by atoms with E-state index in [0.29, 0.717) is 5.56 Å². The van der Waals surface area contributed by atoms with Crippen LogP contribution in [-0.2, 0) is 14.8 Å². The molecule has 0 saturated heterocycles. The van der Waals surface area contributed by atoms with Gasteiger partial charge in [-0.3, -0.25) is 4.79 Å². The van der Waals surface area contributed by atoms with Crippen LogP contribution in [-0.4, -0.2) is 41.2 Å². The van der Waals surface area contributed by atoms with Crippen LogP contribution in [0.3, 0.4) is 0 Å². The first-order chi connectivity index (χ1) is 15.2. The molecule has 1 fully saturated rings. The van der Waals surface area contributed by atoms with Crippen LogP contribution in [0.15, 0.2) is 47.4 Å². The molecule has 0 spiro atoms. The fourth-order valence-corrected chi connectivity index (χ4v) is 4.10. The molecule has 32 heavy (non-hydrogen) atoms. The Hall–Kier alpha value is -3.18. The molecule has 2 N–H and O–H groups in total. The van der Waals surface area contributed by atoms with Gasteiger partial charge in [-0.25, -0.2) is 13.1 Å². The second-order valence-corrected chi connectivity index (χ2v) is 8.58. The molecule has 0 aromatic heterocycles. The van der Waals surface area contributed by atoms with Crippen LogP contribution < -0.4 is 24.2 Å². The average molecular weight is 468 g/mol. The van der Waals surface area contributed by atoms with Crippen molar-refractivity contribution in [3.63, 3.8) is 0 Å². The maximum Gasteiger partial charge on any atom is 0.387 e. The number of nitrogens with one attached hydrogen (secondary N) is 2. The quantitative estimate of drug-likeness (QED) is 0.518. The van der Waals surface area contributed by atoms with Gasteiger partial charge in [0.2, 0.25) is 15.9 Å². The first-order valence-corrected chi connectivity index (χ1v) is 11.0. The van der Waals surface area contributed by atoms with Crippen LogP contribution in [0.2, 0.25) is 0 Å². The molecule has 0 bridgehead atoms. The van der Waals surface area contributed by atoms with E-state index in [4.69, 9.17) is 9.47 Å². The molecule has 1 aliphatic carbocycles. The second kappa shape index (κ2) is 9.96. The van der Waals surface area contributed by atoms with Gasteiger partial charge in [-0.15, -0.1) is 0 Å². The van der Waals surface area contributed by atoms with E-state index in [0.717, 1.165) is 12.8 Å². The summed E-state index contributed by atoms with van der Waals surface area (Å²) in [5.41, 5.74) is 0.676. The predicted octanol–water partition coefficient (Wildman–Crippen LogP) is 3.40. The first-order valence-electron chi connectivity index (χ1n) is 9.54. The van der Waals surface area contributed by atoms with Crippen molar-refractivity contribution in [1.82, 2.24) is 4.72 Å². The van der Waals surface area contributed by atoms with Crippen molar-refractivity contribution in [1.29, 1.82) is 0 Å². The number of amides is 1. The van der Waals surface area contributed by atoms with E-state index in [1.807, 2.05) is 0 Å². The predicted molar refractivity (Wildman–Crippen MR) is 114 cm³/mol. The van der Waals surface area contributed by atoms with E-state index in [9.17, 15) is 22.0 Å². The zero-order chi connectivity index (χ0) is 23.3. The largest absolute Gasteiger partial charge is 0.495 e. The smallest absolute Gasteiger partial charge is 0.387 e. The van der Waals surface area contributed by atoms with Crippen LogP contribution in [0.5, 0.6) is 17.2 Å². The summed E-state index contributed by atoms with van der Waals surface area (Å²) in [6.45, 7) is -3.00. The Kier molecular flexibility index (Phi) is 7.31. The summed E-state index contributed by atoms with van der Waals surface area (Å²) in [7, 11) is -1.01. The maximum atomic E-state index is 12.4. The van der Waals surface area contributed by atoms with Gasteiger partial charge in [0.05, 0.1) is 24.8 Å². The third kappa shape index (κ3) is 6.17. The number of carbonyl (C=O) groups excluding carboxylic acids is 1. The van der Waals surface area contributed by atoms with Crippen molar-refractivity contribution in [2.75, 3.05) is 19.5 Å². The Morgan fingerprint density at radius 1 is 1.06 bits per heavy atom. The number of ether oxygens (including phenoxy) is 3. The molecule has 0 unspecified atom stereocenters. The lowest BCUT2D eigenvalue weighted by Crippen LogP contribution is -2.25. The third-order valence-electron chi connectivity index (χ3n) is 4.47. The molecule has 2 aromatic rings. The van der Waals surface area contributed by atoms with Gasteiger partial charge in [0, 0.05) is 12.1 Å². The lowest BCUT2D eigenvalue weighted by Gasteiger charge is -2.12. The first kappa shape index (κ1) is 23.5. The summed E-state index contributed by atoms with van der Waals surface area (Å²) in [5.74, 6) is -0.325. The lowest BCUT2D eigenvalue weighted by atomic mass is 10.2. The zero-order valence-corrected chi connectivity index (χ0v) is 18.1. The highest BCUT2D eigenvalue weighted by Crippen LogP contribution is 2.31. The second-order valence-electron chi connectivity index (χ2n) is 6.87. The van der Waals surface area contributed by atoms with Gasteiger partial charge in [0.1, 0.15) is 5.75 Å². The van der Waals surface area contributed by atoms with E-state index in [1.54, 1.807) is 0 Å². The number of benzene rings is 2. The van der Waals surface area contributed by atoms with Gasteiger partial charge in [-0.2, -0.15) is 8.78 Å². The molecule has 1 aliphatic rings. The van der Waals surface area contributed by atoms with Gasteiger partial charge in [-0.1, -0.05) is 6.07 Å². The van der Waals surface area contributed by atoms with E-state index in [1.165, 1.54) is 62.8 Å². The minimum atomic E-state index is -3.71. The molecule has 3 rings (SSSR count). The van der Waals surface area contributed by atoms with Crippen LogP contribution in [0, 0.1) is 0 Å². The molecule has 2 aromatic carbocycles. The van der Waals surface area contributed by atoms with E-state index >= 15 is 0 Å². The van der Waals surface area contributed by atoms with Crippen molar-refractivity contribution < 1.29 is 36.2 Å². The zero-order valence-electron chi connectivity index (χ0n) is 17.3. The Morgan fingerprint density at radius 2 is 1.75 bits per heavy atom. The van der Waals surface area contributed by atoms with Crippen LogP contribution >= 0.6 is 0 Å². The number of alkyl halides is 2. The summed E-state index contributed by atoms with van der Waals surface area (Å²) < 4.78 is 66.9. The summed E-state index contributed by atoms with van der Waals surface area (Å²) in [4.78, 5) is 12.4. The maximum absolute atomic E-state index is 12.4. The van der Waals surface area contributed by atoms with E-state index < -0.39 is 22.5 Å². The molecule has 0 radical (unpaired) electrons. The fourth-order valence-electron chi connectivity index (χ4n) is 2.77. The highest BCUT2D eigenvalue weighted by atomic mass is 32.2. The highest BCUT2D eigenvalue weighted by Gasteiger charge is 2.28. The molecule has 0 atom stereocenters. The highest BCUT2D eigenvalue weighted by molar-refractivity contribution is 7.89. The molecular formula is C21H22F2N2O6S. The topological polar surface area (TPSA) is 103 Å². The number of carbonyl (C=O) groups is 1. The summed E-state index contributed by atoms with van der Waals surface area (Å²) in [5, 5.41) is 2.58. The number of sulfonamides is 1. The number of methoxy groups -OCH3 is 2. The molecule has 0 aliphatic heterocycles. The summed E-state index contributed by atoms with van der Waals surface area (Å²) in [6, 6.07) is 8.30. The van der Waals surface area contributed by atoms with E-state index in [-0.39, 0.29) is 33.9 Å². The van der Waals surface area contributed by atoms with Gasteiger partial charge in [0.15, 0.2) is 11.5 Å². The van der Waals surface area contributed by atoms with Crippen molar-refractivity contribution in [2.24, 2.45) is 0 Å². The molecule has 8 nitrogen and oxygen atoms in total. The van der Waals surface area contributed by atoms with E-state index in [2.05, 4.69) is 14.8 Å². The summed E-state index contributed by atoms with van der Waals surface area (Å²) in [6.07, 6.45) is 4.23. The fraction of sp³-hybridized carbons (Fsp3) is 0.286. The van der Waals surface area contributed by atoms with Crippen molar-refractivity contribution in [3.05, 3.63) is 48.0 Å². The number of halogens is 2. The SMILES string of the molecule is COc1ccc(S(=O)(=O)NC2CC2)cc1NC(=O)/C=C/c1ccc(OC(F)F)c(OC)c1. The average Bonchev–Trinajstić information content (AvgIpc) is 3.55. The molecule has 1 amide bonds. The van der Waals surface area contributed by atoms with Crippen LogP contribution in [0.4, 0.5) is 14.5 Å². The Balaban J connectivity index is 1.75. The number of rotatable bonds is 10. The molecular weight excluding hydrogens is 446 g/mol. The third-order valence-corrected chi connectivity index (χ3v) is 5.99. The minimum Gasteiger partial charge on any atom is -0.495 e. The minimum absolute atomic E-state index is 0.00355. The lowest BCUT2D eigenvalue weighted by molar-refractivity contribution is -0.111. The monoisotopic (exact) mass is 468 g/mol. The van der Waals surface area contributed by atoms with Crippen molar-refractivity contribution in [3.8, 4) is 17.2 Å². The van der Waals surface area contributed by atoms with Crippen LogP contribution in [0.25, 0.3) is 6.08 Å². The number of hydrogen-bond donors (Lipinski definition) is 2. The molecule has 1 saturated carbocycles. The molecule has 172 valence electrons. The normalized spacial score (nSPS) is 13.9. The molecule has 11 heteroatoms. The number of hydrogen-bond acceptors (Lipinski definition) is 6. The standard InChI is InChI=1S/C21H22F2N2O6S/c1-29-17-9-7-15(32(27,28)25-14-5-6-14)12-16(17)24-20(26)10-4-13-3-8-18(31-21(22)23)19(11-13)30-2/h3-4,7-12,14,21,25H,5-6H2,1-2H3,(H,24,26)/b10-4+. The van der Waals surface area contributed by atoms with Gasteiger partial charge < -0.3 is 19.5 Å². The summed E-state index contributed by atoms with van der Waals surface area (Å²) >= 11 is 0.